The van der Waals surface area contributed by atoms with Gasteiger partial charge in [-0.05, 0) is 18.4 Å². The second-order valence-corrected chi connectivity index (χ2v) is 7.99. The molecule has 0 unspecified atom stereocenters. The Morgan fingerprint density at radius 3 is 2.75 bits per heavy atom. The second kappa shape index (κ2) is 10.1. The normalized spacial score (nSPS) is 11.9. The zero-order valence-corrected chi connectivity index (χ0v) is 19.6. The predicted molar refractivity (Wildman–Crippen MR) is 122 cm³/mol. The summed E-state index contributed by atoms with van der Waals surface area (Å²) < 4.78 is 11.3. The van der Waals surface area contributed by atoms with E-state index in [2.05, 4.69) is 46.4 Å². The molecule has 9 heteroatoms. The molecule has 0 atom stereocenters. The molecule has 0 aromatic carbocycles. The molecule has 3 aromatic rings. The van der Waals surface area contributed by atoms with Gasteiger partial charge in [0.25, 0.3) is 0 Å². The molecule has 0 bridgehead atoms. The van der Waals surface area contributed by atoms with Gasteiger partial charge in [0.1, 0.15) is 17.7 Å². The van der Waals surface area contributed by atoms with Crippen LogP contribution >= 0.6 is 35.3 Å². The van der Waals surface area contributed by atoms with Gasteiger partial charge in [0.05, 0.1) is 24.2 Å². The molecule has 3 heterocycles. The van der Waals surface area contributed by atoms with E-state index in [1.165, 1.54) is 0 Å². The SMILES string of the molecule is CCNC(=NCc1coc(-c2cccs2)n1)NCc1ncc(C(C)(C)C)o1.I. The van der Waals surface area contributed by atoms with E-state index < -0.39 is 0 Å². The molecule has 3 aromatic heterocycles. The lowest BCUT2D eigenvalue weighted by molar-refractivity contribution is 0.379. The summed E-state index contributed by atoms with van der Waals surface area (Å²) in [5.41, 5.74) is 0.721. The summed E-state index contributed by atoms with van der Waals surface area (Å²) in [5, 5.41) is 8.44. The van der Waals surface area contributed by atoms with Crippen LogP contribution in [-0.2, 0) is 18.5 Å². The highest BCUT2D eigenvalue weighted by atomic mass is 127. The van der Waals surface area contributed by atoms with E-state index in [9.17, 15) is 0 Å². The summed E-state index contributed by atoms with van der Waals surface area (Å²) in [6.07, 6.45) is 3.42. The largest absolute Gasteiger partial charge is 0.443 e. The van der Waals surface area contributed by atoms with Gasteiger partial charge in [-0.15, -0.1) is 35.3 Å². The van der Waals surface area contributed by atoms with Gasteiger partial charge in [-0.3, -0.25) is 0 Å². The van der Waals surface area contributed by atoms with Gasteiger partial charge in [0, 0.05) is 12.0 Å². The zero-order valence-electron chi connectivity index (χ0n) is 16.5. The number of nitrogens with zero attached hydrogens (tertiary/aromatic N) is 3. The minimum Gasteiger partial charge on any atom is -0.443 e. The number of aliphatic imine (C=N–C) groups is 1. The van der Waals surface area contributed by atoms with Crippen molar-refractivity contribution in [3.63, 3.8) is 0 Å². The first-order valence-electron chi connectivity index (χ1n) is 8.91. The van der Waals surface area contributed by atoms with E-state index in [-0.39, 0.29) is 29.4 Å². The van der Waals surface area contributed by atoms with E-state index in [1.54, 1.807) is 23.8 Å². The molecule has 0 aliphatic carbocycles. The molecular formula is C19H26IN5O2S. The molecule has 0 saturated carbocycles. The highest BCUT2D eigenvalue weighted by Gasteiger charge is 2.19. The van der Waals surface area contributed by atoms with E-state index in [0.29, 0.717) is 30.8 Å². The molecule has 3 rings (SSSR count). The summed E-state index contributed by atoms with van der Waals surface area (Å²) in [6.45, 7) is 9.94. The molecule has 0 aliphatic heterocycles. The quantitative estimate of drug-likeness (QED) is 0.284. The molecule has 0 amide bonds. The standard InChI is InChI=1S/C19H25N5O2S.HI/c1-5-20-18(23-11-16-21-10-15(26-16)19(2,3)4)22-9-13-12-25-17(24-13)14-7-6-8-27-14;/h6-8,10,12H,5,9,11H2,1-4H3,(H2,20,22,23);1H. The van der Waals surface area contributed by atoms with Crippen LogP contribution in [0, 0.1) is 0 Å². The maximum absolute atomic E-state index is 5.80. The number of aromatic nitrogens is 2. The van der Waals surface area contributed by atoms with E-state index in [4.69, 9.17) is 8.83 Å². The maximum Gasteiger partial charge on any atom is 0.236 e. The summed E-state index contributed by atoms with van der Waals surface area (Å²) in [7, 11) is 0. The fourth-order valence-corrected chi connectivity index (χ4v) is 2.95. The Morgan fingerprint density at radius 1 is 1.29 bits per heavy atom. The van der Waals surface area contributed by atoms with Gasteiger partial charge in [-0.1, -0.05) is 26.8 Å². The van der Waals surface area contributed by atoms with Crippen LogP contribution in [0.4, 0.5) is 0 Å². The van der Waals surface area contributed by atoms with Gasteiger partial charge in [0.15, 0.2) is 5.96 Å². The third-order valence-electron chi connectivity index (χ3n) is 3.73. The number of oxazole rings is 2. The number of rotatable bonds is 6. The number of hydrogen-bond acceptors (Lipinski definition) is 6. The first kappa shape index (κ1) is 22.4. The van der Waals surface area contributed by atoms with Crippen molar-refractivity contribution in [1.29, 1.82) is 0 Å². The highest BCUT2D eigenvalue weighted by Crippen LogP contribution is 2.24. The van der Waals surface area contributed by atoms with Crippen molar-refractivity contribution in [3.8, 4) is 10.8 Å². The number of halogens is 1. The van der Waals surface area contributed by atoms with Crippen LogP contribution in [0.15, 0.2) is 43.8 Å². The summed E-state index contributed by atoms with van der Waals surface area (Å²) in [4.78, 5) is 14.4. The molecule has 152 valence electrons. The Morgan fingerprint density at radius 2 is 2.11 bits per heavy atom. The molecule has 7 nitrogen and oxygen atoms in total. The summed E-state index contributed by atoms with van der Waals surface area (Å²) in [5.74, 6) is 2.80. The number of thiophene rings is 1. The van der Waals surface area contributed by atoms with Gasteiger partial charge < -0.3 is 19.5 Å². The molecule has 28 heavy (non-hydrogen) atoms. The van der Waals surface area contributed by atoms with Crippen LogP contribution in [0.1, 0.15) is 45.0 Å². The monoisotopic (exact) mass is 515 g/mol. The minimum atomic E-state index is -0.0585. The van der Waals surface area contributed by atoms with Crippen LogP contribution < -0.4 is 10.6 Å². The average molecular weight is 515 g/mol. The van der Waals surface area contributed by atoms with Crippen molar-refractivity contribution < 1.29 is 8.83 Å². The van der Waals surface area contributed by atoms with Crippen LogP contribution in [0.25, 0.3) is 10.8 Å². The van der Waals surface area contributed by atoms with E-state index >= 15 is 0 Å². The van der Waals surface area contributed by atoms with Crippen LogP contribution in [-0.4, -0.2) is 22.5 Å². The Hall–Kier alpha value is -1.88. The Kier molecular flexibility index (Phi) is 8.05. The number of hydrogen-bond donors (Lipinski definition) is 2. The Balaban J connectivity index is 0.00000280. The van der Waals surface area contributed by atoms with Gasteiger partial charge in [0.2, 0.25) is 11.8 Å². The molecule has 0 saturated heterocycles. The lowest BCUT2D eigenvalue weighted by Crippen LogP contribution is -2.36. The molecule has 0 aliphatic rings. The second-order valence-electron chi connectivity index (χ2n) is 7.04. The van der Waals surface area contributed by atoms with Crippen molar-refractivity contribution in [3.05, 3.63) is 47.3 Å². The first-order valence-corrected chi connectivity index (χ1v) is 9.79. The molecule has 2 N–H and O–H groups in total. The third kappa shape index (κ3) is 6.06. The highest BCUT2D eigenvalue weighted by molar-refractivity contribution is 14.0. The van der Waals surface area contributed by atoms with Crippen molar-refractivity contribution in [2.45, 2.75) is 46.2 Å². The Labute approximate surface area is 186 Å². The first-order chi connectivity index (χ1) is 13.0. The van der Waals surface area contributed by atoms with Gasteiger partial charge in [-0.2, -0.15) is 0 Å². The van der Waals surface area contributed by atoms with E-state index in [0.717, 1.165) is 22.9 Å². The fraction of sp³-hybridized carbons (Fsp3) is 0.421. The zero-order chi connectivity index (χ0) is 19.3. The van der Waals surface area contributed by atoms with E-state index in [1.807, 2.05) is 24.4 Å². The molecule has 0 radical (unpaired) electrons. The van der Waals surface area contributed by atoms with Crippen LogP contribution in [0.5, 0.6) is 0 Å². The average Bonchev–Trinajstić information content (AvgIpc) is 3.38. The maximum atomic E-state index is 5.80. The predicted octanol–water partition coefficient (Wildman–Crippen LogP) is 4.56. The van der Waals surface area contributed by atoms with Crippen molar-refractivity contribution in [1.82, 2.24) is 20.6 Å². The summed E-state index contributed by atoms with van der Waals surface area (Å²) >= 11 is 1.60. The topological polar surface area (TPSA) is 88.5 Å². The van der Waals surface area contributed by atoms with Crippen LogP contribution in [0.3, 0.4) is 0 Å². The fourth-order valence-electron chi connectivity index (χ4n) is 2.29. The molecule has 0 spiro atoms. The molecule has 0 fully saturated rings. The van der Waals surface area contributed by atoms with Crippen molar-refractivity contribution in [2.24, 2.45) is 4.99 Å². The number of nitrogens with one attached hydrogen (secondary N) is 2. The van der Waals surface area contributed by atoms with Gasteiger partial charge in [-0.25, -0.2) is 15.0 Å². The Bertz CT molecular complexity index is 880. The minimum absolute atomic E-state index is 0. The summed E-state index contributed by atoms with van der Waals surface area (Å²) in [6, 6.07) is 3.96. The van der Waals surface area contributed by atoms with Crippen LogP contribution in [0.2, 0.25) is 0 Å². The van der Waals surface area contributed by atoms with Crippen molar-refractivity contribution >= 4 is 41.3 Å². The van der Waals surface area contributed by atoms with Gasteiger partial charge >= 0.3 is 0 Å². The lowest BCUT2D eigenvalue weighted by atomic mass is 9.94. The lowest BCUT2D eigenvalue weighted by Gasteiger charge is -2.13. The number of guanidine groups is 1. The smallest absolute Gasteiger partial charge is 0.236 e. The van der Waals surface area contributed by atoms with Crippen molar-refractivity contribution in [2.75, 3.05) is 6.54 Å². The third-order valence-corrected chi connectivity index (χ3v) is 4.58. The molecular weight excluding hydrogens is 489 g/mol.